The molecule has 4 nitrogen and oxygen atoms in total. The van der Waals surface area contributed by atoms with Crippen molar-refractivity contribution >= 4 is 5.91 Å². The third-order valence-corrected chi connectivity index (χ3v) is 3.67. The number of hydrogen-bond acceptors (Lipinski definition) is 3. The number of ether oxygens (including phenoxy) is 1. The molecule has 1 heterocycles. The van der Waals surface area contributed by atoms with Crippen LogP contribution in [0.15, 0.2) is 18.2 Å². The van der Waals surface area contributed by atoms with Crippen molar-refractivity contribution in [1.29, 1.82) is 0 Å². The third-order valence-electron chi connectivity index (χ3n) is 3.67. The Kier molecular flexibility index (Phi) is 6.02. The first kappa shape index (κ1) is 15.0. The van der Waals surface area contributed by atoms with Crippen LogP contribution in [0, 0.1) is 0 Å². The lowest BCUT2D eigenvalue weighted by Crippen LogP contribution is -2.27. The minimum absolute atomic E-state index is 0.0325. The molecule has 1 amide bonds. The molecule has 110 valence electrons. The normalized spacial score (nSPS) is 13.8. The second kappa shape index (κ2) is 8.02. The van der Waals surface area contributed by atoms with Crippen molar-refractivity contribution in [2.45, 2.75) is 32.2 Å². The molecule has 0 atom stereocenters. The van der Waals surface area contributed by atoms with Gasteiger partial charge in [-0.3, -0.25) is 4.79 Å². The number of nitrogens with one attached hydrogen (secondary N) is 2. The van der Waals surface area contributed by atoms with Crippen LogP contribution in [-0.2, 0) is 17.7 Å². The Morgan fingerprint density at radius 3 is 3.05 bits per heavy atom. The van der Waals surface area contributed by atoms with E-state index in [0.717, 1.165) is 57.5 Å². The molecular formula is C16H24N2O2. The Balaban J connectivity index is 1.77. The van der Waals surface area contributed by atoms with Gasteiger partial charge in [0.2, 0.25) is 0 Å². The zero-order chi connectivity index (χ0) is 14.2. The fraction of sp³-hybridized carbons (Fsp3) is 0.562. The van der Waals surface area contributed by atoms with Crippen LogP contribution in [0.4, 0.5) is 0 Å². The Hall–Kier alpha value is -1.39. The van der Waals surface area contributed by atoms with E-state index < -0.39 is 0 Å². The molecule has 1 aliphatic heterocycles. The molecule has 0 fully saturated rings. The summed E-state index contributed by atoms with van der Waals surface area (Å²) >= 11 is 0. The lowest BCUT2D eigenvalue weighted by Gasteiger charge is -2.17. The molecule has 4 heteroatoms. The smallest absolute Gasteiger partial charge is 0.251 e. The van der Waals surface area contributed by atoms with Crippen LogP contribution in [0.1, 0.15) is 40.7 Å². The topological polar surface area (TPSA) is 50.4 Å². The van der Waals surface area contributed by atoms with Gasteiger partial charge in [0.25, 0.3) is 5.91 Å². The highest BCUT2D eigenvalue weighted by atomic mass is 16.5. The van der Waals surface area contributed by atoms with Crippen LogP contribution in [0.5, 0.6) is 0 Å². The van der Waals surface area contributed by atoms with Gasteiger partial charge in [-0.15, -0.1) is 0 Å². The van der Waals surface area contributed by atoms with Gasteiger partial charge in [-0.2, -0.15) is 0 Å². The molecule has 0 aliphatic carbocycles. The number of methoxy groups -OCH3 is 1. The second-order valence-corrected chi connectivity index (χ2v) is 5.22. The van der Waals surface area contributed by atoms with E-state index in [9.17, 15) is 4.79 Å². The Morgan fingerprint density at radius 1 is 1.30 bits per heavy atom. The summed E-state index contributed by atoms with van der Waals surface area (Å²) in [7, 11) is 1.72. The molecule has 1 aromatic rings. The average Bonchev–Trinajstić information content (AvgIpc) is 2.50. The summed E-state index contributed by atoms with van der Waals surface area (Å²) in [6.45, 7) is 3.43. The van der Waals surface area contributed by atoms with Gasteiger partial charge in [0.15, 0.2) is 0 Å². The lowest BCUT2D eigenvalue weighted by molar-refractivity contribution is 0.0952. The molecule has 0 saturated heterocycles. The van der Waals surface area contributed by atoms with E-state index in [-0.39, 0.29) is 5.91 Å². The molecule has 0 radical (unpaired) electrons. The fourth-order valence-corrected chi connectivity index (χ4v) is 2.47. The van der Waals surface area contributed by atoms with Gasteiger partial charge >= 0.3 is 0 Å². The van der Waals surface area contributed by atoms with Crippen molar-refractivity contribution in [3.63, 3.8) is 0 Å². The number of carbonyl (C=O) groups excluding carboxylic acids is 1. The second-order valence-electron chi connectivity index (χ2n) is 5.22. The molecule has 0 bridgehead atoms. The van der Waals surface area contributed by atoms with Gasteiger partial charge in [0.05, 0.1) is 0 Å². The Bertz CT molecular complexity index is 446. The van der Waals surface area contributed by atoms with Crippen LogP contribution < -0.4 is 10.6 Å². The summed E-state index contributed by atoms with van der Waals surface area (Å²) in [5.41, 5.74) is 3.38. The van der Waals surface area contributed by atoms with Gasteiger partial charge < -0.3 is 15.4 Å². The zero-order valence-electron chi connectivity index (χ0n) is 12.2. The van der Waals surface area contributed by atoms with E-state index in [0.29, 0.717) is 0 Å². The number of fused-ring (bicyclic) bond motifs is 1. The van der Waals surface area contributed by atoms with E-state index in [4.69, 9.17) is 4.74 Å². The summed E-state index contributed by atoms with van der Waals surface area (Å²) in [5.74, 6) is 0.0325. The third kappa shape index (κ3) is 4.32. The maximum Gasteiger partial charge on any atom is 0.251 e. The minimum Gasteiger partial charge on any atom is -0.385 e. The Labute approximate surface area is 120 Å². The maximum atomic E-state index is 12.1. The summed E-state index contributed by atoms with van der Waals surface area (Å²) in [5, 5.41) is 6.32. The SMILES string of the molecule is COCCCCCNC(=O)c1ccc2c(c1)CNCC2. The minimum atomic E-state index is 0.0325. The molecule has 0 unspecified atom stereocenters. The number of amides is 1. The first-order valence-electron chi connectivity index (χ1n) is 7.41. The van der Waals surface area contributed by atoms with Crippen LogP contribution in [0.25, 0.3) is 0 Å². The molecule has 0 aromatic heterocycles. The first-order valence-corrected chi connectivity index (χ1v) is 7.41. The average molecular weight is 276 g/mol. The van der Waals surface area contributed by atoms with E-state index in [1.54, 1.807) is 7.11 Å². The predicted molar refractivity (Wildman–Crippen MR) is 79.9 cm³/mol. The molecule has 2 N–H and O–H groups in total. The molecule has 1 aliphatic rings. The van der Waals surface area contributed by atoms with Crippen LogP contribution >= 0.6 is 0 Å². The van der Waals surface area contributed by atoms with Gasteiger partial charge in [-0.25, -0.2) is 0 Å². The zero-order valence-corrected chi connectivity index (χ0v) is 12.2. The molecular weight excluding hydrogens is 252 g/mol. The van der Waals surface area contributed by atoms with Crippen LogP contribution in [0.2, 0.25) is 0 Å². The summed E-state index contributed by atoms with van der Waals surface area (Å²) in [6, 6.07) is 6.04. The van der Waals surface area contributed by atoms with Crippen LogP contribution in [0.3, 0.4) is 0 Å². The van der Waals surface area contributed by atoms with Gasteiger partial charge in [0.1, 0.15) is 0 Å². The van der Waals surface area contributed by atoms with Crippen molar-refractivity contribution in [3.05, 3.63) is 34.9 Å². The molecule has 0 spiro atoms. The predicted octanol–water partition coefficient (Wildman–Crippen LogP) is 1.88. The van der Waals surface area contributed by atoms with Gasteiger partial charge in [0, 0.05) is 32.4 Å². The number of rotatable bonds is 7. The lowest BCUT2D eigenvalue weighted by atomic mass is 9.98. The van der Waals surface area contributed by atoms with Crippen molar-refractivity contribution in [2.75, 3.05) is 26.8 Å². The standard InChI is InChI=1S/C16H24N2O2/c1-20-10-4-2-3-8-18-16(19)14-6-5-13-7-9-17-12-15(13)11-14/h5-6,11,17H,2-4,7-10,12H2,1H3,(H,18,19). The fourth-order valence-electron chi connectivity index (χ4n) is 2.47. The van der Waals surface area contributed by atoms with Crippen molar-refractivity contribution in [3.8, 4) is 0 Å². The van der Waals surface area contributed by atoms with Gasteiger partial charge in [-0.1, -0.05) is 6.07 Å². The van der Waals surface area contributed by atoms with E-state index in [1.807, 2.05) is 12.1 Å². The summed E-state index contributed by atoms with van der Waals surface area (Å²) in [4.78, 5) is 12.1. The van der Waals surface area contributed by atoms with E-state index >= 15 is 0 Å². The van der Waals surface area contributed by atoms with Crippen molar-refractivity contribution in [2.24, 2.45) is 0 Å². The van der Waals surface area contributed by atoms with E-state index in [2.05, 4.69) is 16.7 Å². The Morgan fingerprint density at radius 2 is 2.20 bits per heavy atom. The monoisotopic (exact) mass is 276 g/mol. The highest BCUT2D eigenvalue weighted by Crippen LogP contribution is 2.15. The number of carbonyl (C=O) groups is 1. The molecule has 0 saturated carbocycles. The molecule has 2 rings (SSSR count). The largest absolute Gasteiger partial charge is 0.385 e. The summed E-state index contributed by atoms with van der Waals surface area (Å²) in [6.07, 6.45) is 4.19. The van der Waals surface area contributed by atoms with Crippen molar-refractivity contribution in [1.82, 2.24) is 10.6 Å². The first-order chi connectivity index (χ1) is 9.81. The molecule has 1 aromatic carbocycles. The quantitative estimate of drug-likeness (QED) is 0.748. The maximum absolute atomic E-state index is 12.1. The number of hydrogen-bond donors (Lipinski definition) is 2. The highest BCUT2D eigenvalue weighted by Gasteiger charge is 2.11. The van der Waals surface area contributed by atoms with E-state index in [1.165, 1.54) is 11.1 Å². The highest BCUT2D eigenvalue weighted by molar-refractivity contribution is 5.94. The van der Waals surface area contributed by atoms with Crippen LogP contribution in [-0.4, -0.2) is 32.7 Å². The summed E-state index contributed by atoms with van der Waals surface area (Å²) < 4.78 is 5.00. The van der Waals surface area contributed by atoms with Gasteiger partial charge in [-0.05, 0) is 55.5 Å². The molecule has 20 heavy (non-hydrogen) atoms. The number of unbranched alkanes of at least 4 members (excludes halogenated alkanes) is 2. The number of benzene rings is 1. The van der Waals surface area contributed by atoms with Crippen molar-refractivity contribution < 1.29 is 9.53 Å².